The van der Waals surface area contributed by atoms with Gasteiger partial charge in [0.2, 0.25) is 0 Å². The lowest BCUT2D eigenvalue weighted by atomic mass is 10.0. The molecule has 1 fully saturated rings. The van der Waals surface area contributed by atoms with Gasteiger partial charge in [0.15, 0.2) is 0 Å². The van der Waals surface area contributed by atoms with Crippen molar-refractivity contribution in [3.8, 4) is 0 Å². The second kappa shape index (κ2) is 5.41. The molecule has 0 aromatic rings. The summed E-state index contributed by atoms with van der Waals surface area (Å²) in [5, 5.41) is -1.01. The van der Waals surface area contributed by atoms with Crippen LogP contribution in [0.5, 0.6) is 0 Å². The minimum absolute atomic E-state index is 0.0530. The lowest BCUT2D eigenvalue weighted by molar-refractivity contribution is 0.270. The number of hydrogen-bond donors (Lipinski definition) is 2. The Hall–Kier alpha value is -0.220. The molecular formula is C9H19NO6S2. The molecule has 108 valence electrons. The fraction of sp³-hybridized carbons (Fsp3) is 1.00. The van der Waals surface area contributed by atoms with Gasteiger partial charge in [-0.2, -0.15) is 16.8 Å². The van der Waals surface area contributed by atoms with Crippen LogP contribution in [0.4, 0.5) is 0 Å². The van der Waals surface area contributed by atoms with Crippen molar-refractivity contribution >= 4 is 20.2 Å². The largest absolute Gasteiger partial charge is 0.286 e. The number of nitrogens with zero attached hydrogens (tertiary/aromatic N) is 1. The number of hydrogen-bond acceptors (Lipinski definition) is 5. The van der Waals surface area contributed by atoms with Gasteiger partial charge in [-0.3, -0.25) is 14.0 Å². The summed E-state index contributed by atoms with van der Waals surface area (Å²) < 4.78 is 62.0. The smallest absolute Gasteiger partial charge is 0.281 e. The summed E-state index contributed by atoms with van der Waals surface area (Å²) in [7, 11) is -8.25. The molecular weight excluding hydrogens is 282 g/mol. The molecule has 7 nitrogen and oxygen atoms in total. The maximum atomic E-state index is 11.2. The Bertz CT molecular complexity index is 485. The van der Waals surface area contributed by atoms with E-state index in [9.17, 15) is 16.8 Å². The minimum atomic E-state index is -4.17. The van der Waals surface area contributed by atoms with Crippen LogP contribution in [0, 0.1) is 11.8 Å². The van der Waals surface area contributed by atoms with Gasteiger partial charge in [-0.15, -0.1) is 0 Å². The molecule has 0 saturated carbocycles. The molecule has 1 aliphatic rings. The zero-order chi connectivity index (χ0) is 14.1. The van der Waals surface area contributed by atoms with E-state index in [0.717, 1.165) is 0 Å². The molecule has 18 heavy (non-hydrogen) atoms. The van der Waals surface area contributed by atoms with Gasteiger partial charge in [-0.05, 0) is 18.3 Å². The van der Waals surface area contributed by atoms with Gasteiger partial charge in [0.05, 0.1) is 5.75 Å². The highest BCUT2D eigenvalue weighted by Crippen LogP contribution is 2.28. The van der Waals surface area contributed by atoms with Gasteiger partial charge in [0.1, 0.15) is 5.37 Å². The minimum Gasteiger partial charge on any atom is -0.286 e. The van der Waals surface area contributed by atoms with Crippen LogP contribution in [0.1, 0.15) is 20.3 Å². The summed E-state index contributed by atoms with van der Waals surface area (Å²) in [6.07, 6.45) is 0.226. The summed E-state index contributed by atoms with van der Waals surface area (Å²) in [5.41, 5.74) is 0. The van der Waals surface area contributed by atoms with Crippen molar-refractivity contribution in [2.24, 2.45) is 11.8 Å². The normalized spacial score (nSPS) is 28.4. The Morgan fingerprint density at radius 2 is 1.78 bits per heavy atom. The quantitative estimate of drug-likeness (QED) is 0.691. The third-order valence-electron chi connectivity index (χ3n) is 3.32. The van der Waals surface area contributed by atoms with Crippen molar-refractivity contribution in [1.82, 2.24) is 4.90 Å². The molecule has 0 spiro atoms. The summed E-state index contributed by atoms with van der Waals surface area (Å²) in [5.74, 6) is -0.759. The molecule has 1 rings (SSSR count). The summed E-state index contributed by atoms with van der Waals surface area (Å²) >= 11 is 0. The van der Waals surface area contributed by atoms with E-state index < -0.39 is 25.6 Å². The Morgan fingerprint density at radius 3 is 2.17 bits per heavy atom. The zero-order valence-corrected chi connectivity index (χ0v) is 12.0. The number of rotatable bonds is 5. The fourth-order valence-corrected chi connectivity index (χ4v) is 4.40. The van der Waals surface area contributed by atoms with E-state index in [4.69, 9.17) is 9.11 Å². The topological polar surface area (TPSA) is 112 Å². The standard InChI is InChI=1S/C9H19NO6S2/c1-3-9(18(14,15)16)10-4-7(2)8(5-10)6-17(11,12)13/h7-9H,3-6H2,1-2H3,(H,11,12,13)(H,14,15,16). The first-order valence-electron chi connectivity index (χ1n) is 5.70. The van der Waals surface area contributed by atoms with Crippen LogP contribution in [0.2, 0.25) is 0 Å². The molecule has 0 amide bonds. The van der Waals surface area contributed by atoms with Gasteiger partial charge in [-0.1, -0.05) is 13.8 Å². The molecule has 0 aromatic carbocycles. The van der Waals surface area contributed by atoms with Crippen molar-refractivity contribution < 1.29 is 25.9 Å². The van der Waals surface area contributed by atoms with Gasteiger partial charge < -0.3 is 0 Å². The van der Waals surface area contributed by atoms with Crippen molar-refractivity contribution in [2.45, 2.75) is 25.6 Å². The van der Waals surface area contributed by atoms with Crippen LogP contribution < -0.4 is 0 Å². The van der Waals surface area contributed by atoms with E-state index in [1.165, 1.54) is 0 Å². The van der Waals surface area contributed by atoms with Crippen LogP contribution in [0.3, 0.4) is 0 Å². The first-order chi connectivity index (χ1) is 8.04. The molecule has 1 saturated heterocycles. The van der Waals surface area contributed by atoms with Crippen LogP contribution in [0.25, 0.3) is 0 Å². The molecule has 9 heteroatoms. The van der Waals surface area contributed by atoms with Gasteiger partial charge in [-0.25, -0.2) is 0 Å². The molecule has 1 aliphatic heterocycles. The third kappa shape index (κ3) is 4.16. The van der Waals surface area contributed by atoms with Gasteiger partial charge >= 0.3 is 0 Å². The van der Waals surface area contributed by atoms with Gasteiger partial charge in [0.25, 0.3) is 20.2 Å². The van der Waals surface area contributed by atoms with E-state index in [2.05, 4.69) is 0 Å². The molecule has 3 unspecified atom stereocenters. The van der Waals surface area contributed by atoms with Crippen molar-refractivity contribution in [2.75, 3.05) is 18.8 Å². The highest BCUT2D eigenvalue weighted by molar-refractivity contribution is 7.86. The molecule has 0 aliphatic carbocycles. The van der Waals surface area contributed by atoms with E-state index in [1.807, 2.05) is 0 Å². The molecule has 0 aromatic heterocycles. The van der Waals surface area contributed by atoms with Crippen LogP contribution in [-0.2, 0) is 20.2 Å². The molecule has 0 radical (unpaired) electrons. The maximum Gasteiger partial charge on any atom is 0.281 e. The summed E-state index contributed by atoms with van der Waals surface area (Å²) in [6.45, 7) is 4.06. The first-order valence-corrected chi connectivity index (χ1v) is 8.81. The van der Waals surface area contributed by atoms with Gasteiger partial charge in [0, 0.05) is 13.1 Å². The van der Waals surface area contributed by atoms with Crippen LogP contribution in [0.15, 0.2) is 0 Å². The van der Waals surface area contributed by atoms with E-state index >= 15 is 0 Å². The predicted molar refractivity (Wildman–Crippen MR) is 66.3 cm³/mol. The lowest BCUT2D eigenvalue weighted by Gasteiger charge is -2.23. The van der Waals surface area contributed by atoms with E-state index in [0.29, 0.717) is 6.54 Å². The highest BCUT2D eigenvalue weighted by Gasteiger charge is 2.39. The lowest BCUT2D eigenvalue weighted by Crippen LogP contribution is -2.39. The Morgan fingerprint density at radius 1 is 1.22 bits per heavy atom. The molecule has 2 N–H and O–H groups in total. The predicted octanol–water partition coefficient (Wildman–Crippen LogP) is 0.0660. The fourth-order valence-electron chi connectivity index (χ4n) is 2.45. The number of likely N-dealkylation sites (tertiary alicyclic amines) is 1. The average Bonchev–Trinajstić information content (AvgIpc) is 2.43. The summed E-state index contributed by atoms with van der Waals surface area (Å²) in [6, 6.07) is 0. The van der Waals surface area contributed by atoms with Crippen molar-refractivity contribution in [3.63, 3.8) is 0 Å². The Kier molecular flexibility index (Phi) is 4.76. The van der Waals surface area contributed by atoms with Crippen molar-refractivity contribution in [3.05, 3.63) is 0 Å². The molecule has 3 atom stereocenters. The average molecular weight is 301 g/mol. The Balaban J connectivity index is 2.80. The third-order valence-corrected chi connectivity index (χ3v) is 5.49. The zero-order valence-electron chi connectivity index (χ0n) is 10.4. The highest BCUT2D eigenvalue weighted by atomic mass is 32.2. The maximum absolute atomic E-state index is 11.2. The van der Waals surface area contributed by atoms with Crippen molar-refractivity contribution in [1.29, 1.82) is 0 Å². The SMILES string of the molecule is CCC(N1CC(C)C(CS(=O)(=O)O)C1)S(=O)(=O)O. The van der Waals surface area contributed by atoms with E-state index in [-0.39, 0.29) is 30.6 Å². The van der Waals surface area contributed by atoms with Crippen LogP contribution in [-0.4, -0.2) is 55.1 Å². The van der Waals surface area contributed by atoms with Crippen LogP contribution >= 0.6 is 0 Å². The summed E-state index contributed by atoms with van der Waals surface area (Å²) in [4.78, 5) is 1.55. The van der Waals surface area contributed by atoms with E-state index in [1.54, 1.807) is 18.7 Å². The molecule has 1 heterocycles. The molecule has 0 bridgehead atoms. The second-order valence-corrected chi connectivity index (χ2v) is 7.89. The Labute approximate surface area is 108 Å². The first kappa shape index (κ1) is 15.8. The monoisotopic (exact) mass is 301 g/mol. The second-order valence-electron chi connectivity index (χ2n) is 4.82.